The molecule has 27 heavy (non-hydrogen) atoms. The molecule has 0 spiro atoms. The maximum atomic E-state index is 12.9. The molecule has 0 aliphatic carbocycles. The van der Waals surface area contributed by atoms with Gasteiger partial charge in [-0.05, 0) is 36.4 Å². The molecule has 0 bridgehead atoms. The molecule has 7 heteroatoms. The molecule has 6 nitrogen and oxygen atoms in total. The van der Waals surface area contributed by atoms with Crippen LogP contribution >= 0.6 is 11.6 Å². The normalized spacial score (nSPS) is 20.3. The van der Waals surface area contributed by atoms with E-state index in [0.29, 0.717) is 24.7 Å². The quantitative estimate of drug-likeness (QED) is 0.815. The number of benzene rings is 1. The van der Waals surface area contributed by atoms with Crippen LogP contribution in [0.1, 0.15) is 6.42 Å². The SMILES string of the molecule is O=C([C@@H]1CC(=O)N(c2ccc(Cl)cc2)C1)N1CCN(c2ccccn2)CC1. The summed E-state index contributed by atoms with van der Waals surface area (Å²) < 4.78 is 0. The van der Waals surface area contributed by atoms with Crippen LogP contribution in [0.15, 0.2) is 48.7 Å². The molecule has 2 amide bonds. The minimum Gasteiger partial charge on any atom is -0.353 e. The molecule has 1 atom stereocenters. The highest BCUT2D eigenvalue weighted by Crippen LogP contribution is 2.28. The van der Waals surface area contributed by atoms with E-state index in [1.807, 2.05) is 35.2 Å². The number of aromatic nitrogens is 1. The summed E-state index contributed by atoms with van der Waals surface area (Å²) in [6, 6.07) is 13.0. The van der Waals surface area contributed by atoms with Crippen LogP contribution in [0, 0.1) is 5.92 Å². The van der Waals surface area contributed by atoms with Crippen molar-refractivity contribution in [3.8, 4) is 0 Å². The molecule has 0 unspecified atom stereocenters. The Morgan fingerprint density at radius 1 is 1.04 bits per heavy atom. The van der Waals surface area contributed by atoms with Crippen molar-refractivity contribution in [1.82, 2.24) is 9.88 Å². The fraction of sp³-hybridized carbons (Fsp3) is 0.350. The van der Waals surface area contributed by atoms with Gasteiger partial charge in [0.15, 0.2) is 0 Å². The summed E-state index contributed by atoms with van der Waals surface area (Å²) in [4.78, 5) is 35.4. The molecule has 2 saturated heterocycles. The second-order valence-corrected chi connectivity index (χ2v) is 7.32. The molecule has 2 aromatic rings. The van der Waals surface area contributed by atoms with Gasteiger partial charge >= 0.3 is 0 Å². The van der Waals surface area contributed by atoms with Gasteiger partial charge in [-0.25, -0.2) is 4.98 Å². The molecule has 0 saturated carbocycles. The molecular weight excluding hydrogens is 364 g/mol. The summed E-state index contributed by atoms with van der Waals surface area (Å²) in [7, 11) is 0. The number of anilines is 2. The number of carbonyl (C=O) groups is 2. The molecule has 2 aliphatic heterocycles. The van der Waals surface area contributed by atoms with Crippen molar-refractivity contribution in [3.63, 3.8) is 0 Å². The van der Waals surface area contributed by atoms with E-state index in [9.17, 15) is 9.59 Å². The minimum absolute atomic E-state index is 0.0113. The van der Waals surface area contributed by atoms with E-state index >= 15 is 0 Å². The highest BCUT2D eigenvalue weighted by molar-refractivity contribution is 6.30. The average molecular weight is 385 g/mol. The first-order valence-corrected chi connectivity index (χ1v) is 9.50. The minimum atomic E-state index is -0.283. The van der Waals surface area contributed by atoms with E-state index in [4.69, 9.17) is 11.6 Å². The fourth-order valence-electron chi connectivity index (χ4n) is 3.70. The highest BCUT2D eigenvalue weighted by Gasteiger charge is 2.38. The van der Waals surface area contributed by atoms with Crippen molar-refractivity contribution < 1.29 is 9.59 Å². The standard InChI is InChI=1S/C20H21ClN4O2/c21-16-4-6-17(7-5-16)25-14-15(13-19(25)26)20(27)24-11-9-23(10-12-24)18-3-1-2-8-22-18/h1-8,15H,9-14H2/t15-/m1/s1. The summed E-state index contributed by atoms with van der Waals surface area (Å²) in [5.41, 5.74) is 0.791. The highest BCUT2D eigenvalue weighted by atomic mass is 35.5. The van der Waals surface area contributed by atoms with E-state index in [1.165, 1.54) is 0 Å². The maximum Gasteiger partial charge on any atom is 0.228 e. The van der Waals surface area contributed by atoms with E-state index in [0.717, 1.165) is 24.6 Å². The lowest BCUT2D eigenvalue weighted by atomic mass is 10.1. The van der Waals surface area contributed by atoms with Gasteiger partial charge in [-0.1, -0.05) is 17.7 Å². The molecule has 0 N–H and O–H groups in total. The number of nitrogens with zero attached hydrogens (tertiary/aromatic N) is 4. The Kier molecular flexibility index (Phi) is 4.99. The Hall–Kier alpha value is -2.60. The van der Waals surface area contributed by atoms with Crippen LogP contribution in [0.5, 0.6) is 0 Å². The van der Waals surface area contributed by atoms with Crippen molar-refractivity contribution in [2.75, 3.05) is 42.5 Å². The van der Waals surface area contributed by atoms with Gasteiger partial charge in [0.1, 0.15) is 5.82 Å². The zero-order chi connectivity index (χ0) is 18.8. The number of halogens is 1. The molecule has 2 aliphatic rings. The van der Waals surface area contributed by atoms with Crippen LogP contribution in [0.2, 0.25) is 5.02 Å². The maximum absolute atomic E-state index is 12.9. The van der Waals surface area contributed by atoms with E-state index in [-0.39, 0.29) is 24.2 Å². The number of pyridine rings is 1. The summed E-state index contributed by atoms with van der Waals surface area (Å²) >= 11 is 5.92. The number of hydrogen-bond acceptors (Lipinski definition) is 4. The predicted molar refractivity (Wildman–Crippen MR) is 105 cm³/mol. The number of hydrogen-bond donors (Lipinski definition) is 0. The first-order chi connectivity index (χ1) is 13.1. The van der Waals surface area contributed by atoms with Crippen LogP contribution in [0.3, 0.4) is 0 Å². The molecule has 3 heterocycles. The van der Waals surface area contributed by atoms with Gasteiger partial charge in [0, 0.05) is 56.1 Å². The smallest absolute Gasteiger partial charge is 0.228 e. The van der Waals surface area contributed by atoms with Gasteiger partial charge in [0.05, 0.1) is 5.92 Å². The Labute approximate surface area is 163 Å². The van der Waals surface area contributed by atoms with Crippen molar-refractivity contribution in [1.29, 1.82) is 0 Å². The molecular formula is C20H21ClN4O2. The Morgan fingerprint density at radius 3 is 2.44 bits per heavy atom. The largest absolute Gasteiger partial charge is 0.353 e. The monoisotopic (exact) mass is 384 g/mol. The van der Waals surface area contributed by atoms with Crippen molar-refractivity contribution in [2.45, 2.75) is 6.42 Å². The Morgan fingerprint density at radius 2 is 1.78 bits per heavy atom. The third kappa shape index (κ3) is 3.76. The van der Waals surface area contributed by atoms with Gasteiger partial charge in [-0.3, -0.25) is 9.59 Å². The summed E-state index contributed by atoms with van der Waals surface area (Å²) in [5, 5.41) is 0.629. The van der Waals surface area contributed by atoms with Gasteiger partial charge in [0.2, 0.25) is 11.8 Å². The predicted octanol–water partition coefficient (Wildman–Crippen LogP) is 2.44. The summed E-state index contributed by atoms with van der Waals surface area (Å²) in [5.74, 6) is 0.715. The third-order valence-electron chi connectivity index (χ3n) is 5.18. The van der Waals surface area contributed by atoms with Gasteiger partial charge in [-0.15, -0.1) is 0 Å². The second-order valence-electron chi connectivity index (χ2n) is 6.88. The summed E-state index contributed by atoms with van der Waals surface area (Å²) in [6.45, 7) is 3.25. The van der Waals surface area contributed by atoms with Crippen LogP contribution in [-0.2, 0) is 9.59 Å². The van der Waals surface area contributed by atoms with Gasteiger partial charge in [0.25, 0.3) is 0 Å². The molecule has 1 aromatic carbocycles. The first kappa shape index (κ1) is 17.8. The van der Waals surface area contributed by atoms with Crippen LogP contribution < -0.4 is 9.80 Å². The Balaban J connectivity index is 1.36. The molecule has 0 radical (unpaired) electrons. The lowest BCUT2D eigenvalue weighted by Gasteiger charge is -2.36. The average Bonchev–Trinajstić information content (AvgIpc) is 3.10. The Bertz CT molecular complexity index is 820. The van der Waals surface area contributed by atoms with Crippen LogP contribution in [0.4, 0.5) is 11.5 Å². The topological polar surface area (TPSA) is 56.8 Å². The van der Waals surface area contributed by atoms with E-state index < -0.39 is 0 Å². The number of amides is 2. The first-order valence-electron chi connectivity index (χ1n) is 9.12. The van der Waals surface area contributed by atoms with Crippen molar-refractivity contribution in [2.24, 2.45) is 5.92 Å². The summed E-state index contributed by atoms with van der Waals surface area (Å²) in [6.07, 6.45) is 2.05. The number of piperazine rings is 1. The third-order valence-corrected chi connectivity index (χ3v) is 5.43. The fourth-order valence-corrected chi connectivity index (χ4v) is 3.82. The van der Waals surface area contributed by atoms with Crippen LogP contribution in [-0.4, -0.2) is 54.4 Å². The number of carbonyl (C=O) groups excluding carboxylic acids is 2. The lowest BCUT2D eigenvalue weighted by Crippen LogP contribution is -2.51. The van der Waals surface area contributed by atoms with Crippen LogP contribution in [0.25, 0.3) is 0 Å². The van der Waals surface area contributed by atoms with E-state index in [2.05, 4.69) is 9.88 Å². The molecule has 2 fully saturated rings. The van der Waals surface area contributed by atoms with Crippen molar-refractivity contribution >= 4 is 34.9 Å². The zero-order valence-corrected chi connectivity index (χ0v) is 15.7. The van der Waals surface area contributed by atoms with Gasteiger partial charge in [-0.2, -0.15) is 0 Å². The molecule has 4 rings (SSSR count). The van der Waals surface area contributed by atoms with Gasteiger partial charge < -0.3 is 14.7 Å². The molecule has 1 aromatic heterocycles. The number of rotatable bonds is 3. The lowest BCUT2D eigenvalue weighted by molar-refractivity contribution is -0.136. The van der Waals surface area contributed by atoms with E-state index in [1.54, 1.807) is 23.2 Å². The second kappa shape index (κ2) is 7.56. The van der Waals surface area contributed by atoms with Crippen molar-refractivity contribution in [3.05, 3.63) is 53.7 Å². The molecule has 140 valence electrons. The zero-order valence-electron chi connectivity index (χ0n) is 14.9.